The Balaban J connectivity index is 2.06. The van der Waals surface area contributed by atoms with Crippen LogP contribution in [0.4, 0.5) is 0 Å². The first-order chi connectivity index (χ1) is 10.6. The Morgan fingerprint density at radius 1 is 1.27 bits per heavy atom. The third kappa shape index (κ3) is 3.92. The van der Waals surface area contributed by atoms with Crippen LogP contribution >= 0.6 is 0 Å². The van der Waals surface area contributed by atoms with Gasteiger partial charge in [-0.1, -0.05) is 32.0 Å². The summed E-state index contributed by atoms with van der Waals surface area (Å²) in [5, 5.41) is 13.9. The summed E-state index contributed by atoms with van der Waals surface area (Å²) >= 11 is 0. The van der Waals surface area contributed by atoms with Gasteiger partial charge in [-0.05, 0) is 36.6 Å². The lowest BCUT2D eigenvalue weighted by atomic mass is 9.98. The second kappa shape index (κ2) is 7.18. The number of hydrogen-bond acceptors (Lipinski definition) is 3. The molecule has 1 heterocycles. The molecule has 0 radical (unpaired) electrons. The van der Waals surface area contributed by atoms with Crippen LogP contribution in [0.1, 0.15) is 32.3 Å². The standard InChI is InChI=1S/C18H22N2O2/c1-3-18(22,4-2)13-20-17(21)10-9-14-11-12-19-16-8-6-5-7-15(14)16/h5-12,22H,3-4,13H2,1-2H3,(H,20,21). The van der Waals surface area contributed by atoms with Crippen molar-refractivity contribution in [3.05, 3.63) is 48.2 Å². The smallest absolute Gasteiger partial charge is 0.244 e. The van der Waals surface area contributed by atoms with Gasteiger partial charge in [0.1, 0.15) is 0 Å². The number of nitrogens with one attached hydrogen (secondary N) is 1. The summed E-state index contributed by atoms with van der Waals surface area (Å²) < 4.78 is 0. The van der Waals surface area contributed by atoms with Crippen LogP contribution in [-0.2, 0) is 4.79 Å². The minimum Gasteiger partial charge on any atom is -0.388 e. The first-order valence-electron chi connectivity index (χ1n) is 7.60. The Morgan fingerprint density at radius 2 is 2.00 bits per heavy atom. The fourth-order valence-corrected chi connectivity index (χ4v) is 2.24. The number of fused-ring (bicyclic) bond motifs is 1. The van der Waals surface area contributed by atoms with Crippen LogP contribution in [0.5, 0.6) is 0 Å². The van der Waals surface area contributed by atoms with E-state index in [2.05, 4.69) is 10.3 Å². The van der Waals surface area contributed by atoms with E-state index in [0.29, 0.717) is 12.8 Å². The van der Waals surface area contributed by atoms with Gasteiger partial charge in [-0.15, -0.1) is 0 Å². The van der Waals surface area contributed by atoms with Gasteiger partial charge in [0, 0.05) is 24.2 Å². The molecule has 4 heteroatoms. The molecule has 1 aromatic heterocycles. The first kappa shape index (κ1) is 16.2. The Bertz CT molecular complexity index is 670. The number of para-hydroxylation sites is 1. The molecule has 0 aliphatic rings. The normalized spacial score (nSPS) is 12.0. The number of carbonyl (C=O) groups is 1. The number of aromatic nitrogens is 1. The molecular weight excluding hydrogens is 276 g/mol. The molecule has 1 aromatic carbocycles. The lowest BCUT2D eigenvalue weighted by molar-refractivity contribution is -0.117. The van der Waals surface area contributed by atoms with E-state index >= 15 is 0 Å². The van der Waals surface area contributed by atoms with Crippen molar-refractivity contribution in [1.82, 2.24) is 10.3 Å². The fourth-order valence-electron chi connectivity index (χ4n) is 2.24. The van der Waals surface area contributed by atoms with Crippen molar-refractivity contribution in [2.75, 3.05) is 6.54 Å². The second-order valence-electron chi connectivity index (χ2n) is 5.40. The van der Waals surface area contributed by atoms with E-state index in [0.717, 1.165) is 16.5 Å². The topological polar surface area (TPSA) is 62.2 Å². The maximum Gasteiger partial charge on any atom is 0.244 e. The third-order valence-electron chi connectivity index (χ3n) is 4.00. The summed E-state index contributed by atoms with van der Waals surface area (Å²) in [7, 11) is 0. The van der Waals surface area contributed by atoms with E-state index in [-0.39, 0.29) is 12.5 Å². The first-order valence-corrected chi connectivity index (χ1v) is 7.60. The summed E-state index contributed by atoms with van der Waals surface area (Å²) in [6, 6.07) is 9.68. The molecule has 0 aliphatic carbocycles. The predicted octanol–water partition coefficient (Wildman–Crippen LogP) is 2.92. The molecule has 0 fully saturated rings. The zero-order valence-electron chi connectivity index (χ0n) is 13.0. The van der Waals surface area contributed by atoms with Crippen LogP contribution in [0.3, 0.4) is 0 Å². The maximum atomic E-state index is 11.9. The van der Waals surface area contributed by atoms with E-state index < -0.39 is 5.60 Å². The Labute approximate surface area is 130 Å². The monoisotopic (exact) mass is 298 g/mol. The summed E-state index contributed by atoms with van der Waals surface area (Å²) in [4.78, 5) is 16.2. The zero-order valence-corrected chi connectivity index (χ0v) is 13.0. The number of nitrogens with zero attached hydrogens (tertiary/aromatic N) is 1. The molecule has 0 spiro atoms. The molecule has 0 atom stereocenters. The molecule has 22 heavy (non-hydrogen) atoms. The van der Waals surface area contributed by atoms with Gasteiger partial charge in [-0.25, -0.2) is 0 Å². The van der Waals surface area contributed by atoms with Gasteiger partial charge in [-0.3, -0.25) is 9.78 Å². The molecular formula is C18H22N2O2. The fraction of sp³-hybridized carbons (Fsp3) is 0.333. The van der Waals surface area contributed by atoms with E-state index in [1.807, 2.05) is 44.2 Å². The van der Waals surface area contributed by atoms with Crippen LogP contribution in [0, 0.1) is 0 Å². The maximum absolute atomic E-state index is 11.9. The minimum absolute atomic E-state index is 0.207. The van der Waals surface area contributed by atoms with E-state index in [1.165, 1.54) is 6.08 Å². The van der Waals surface area contributed by atoms with Crippen LogP contribution in [0.15, 0.2) is 42.6 Å². The van der Waals surface area contributed by atoms with Gasteiger partial charge in [-0.2, -0.15) is 0 Å². The molecule has 4 nitrogen and oxygen atoms in total. The van der Waals surface area contributed by atoms with Crippen molar-refractivity contribution in [2.24, 2.45) is 0 Å². The number of pyridine rings is 1. The summed E-state index contributed by atoms with van der Waals surface area (Å²) in [5.74, 6) is -0.207. The van der Waals surface area contributed by atoms with Gasteiger partial charge in [0.25, 0.3) is 0 Å². The Morgan fingerprint density at radius 3 is 2.73 bits per heavy atom. The third-order valence-corrected chi connectivity index (χ3v) is 4.00. The molecule has 2 aromatic rings. The quantitative estimate of drug-likeness (QED) is 0.806. The number of amides is 1. The van der Waals surface area contributed by atoms with Gasteiger partial charge >= 0.3 is 0 Å². The van der Waals surface area contributed by atoms with Crippen LogP contribution in [0.2, 0.25) is 0 Å². The van der Waals surface area contributed by atoms with Crippen molar-refractivity contribution >= 4 is 22.9 Å². The minimum atomic E-state index is -0.827. The number of aliphatic hydroxyl groups is 1. The van der Waals surface area contributed by atoms with E-state index in [1.54, 1.807) is 12.3 Å². The van der Waals surface area contributed by atoms with E-state index in [4.69, 9.17) is 0 Å². The molecule has 2 N–H and O–H groups in total. The molecule has 2 rings (SSSR count). The van der Waals surface area contributed by atoms with Crippen LogP contribution in [-0.4, -0.2) is 28.1 Å². The van der Waals surface area contributed by atoms with Crippen molar-refractivity contribution < 1.29 is 9.90 Å². The van der Waals surface area contributed by atoms with Gasteiger partial charge in [0.05, 0.1) is 11.1 Å². The van der Waals surface area contributed by atoms with Crippen molar-refractivity contribution in [1.29, 1.82) is 0 Å². The van der Waals surface area contributed by atoms with Crippen LogP contribution < -0.4 is 5.32 Å². The van der Waals surface area contributed by atoms with Gasteiger partial charge in [0.2, 0.25) is 5.91 Å². The zero-order chi connectivity index (χ0) is 16.0. The average Bonchev–Trinajstić information content (AvgIpc) is 2.57. The van der Waals surface area contributed by atoms with E-state index in [9.17, 15) is 9.90 Å². The number of hydrogen-bond donors (Lipinski definition) is 2. The molecule has 116 valence electrons. The summed E-state index contributed by atoms with van der Waals surface area (Å²) in [6.45, 7) is 4.09. The van der Waals surface area contributed by atoms with Crippen molar-refractivity contribution in [2.45, 2.75) is 32.3 Å². The molecule has 0 saturated heterocycles. The van der Waals surface area contributed by atoms with Gasteiger partial charge in [0.15, 0.2) is 0 Å². The largest absolute Gasteiger partial charge is 0.388 e. The van der Waals surface area contributed by atoms with Crippen molar-refractivity contribution in [3.8, 4) is 0 Å². The molecule has 0 unspecified atom stereocenters. The van der Waals surface area contributed by atoms with Crippen molar-refractivity contribution in [3.63, 3.8) is 0 Å². The Hall–Kier alpha value is -2.20. The number of rotatable bonds is 6. The average molecular weight is 298 g/mol. The highest BCUT2D eigenvalue weighted by atomic mass is 16.3. The summed E-state index contributed by atoms with van der Waals surface area (Å²) in [5.41, 5.74) is 1.02. The summed E-state index contributed by atoms with van der Waals surface area (Å²) in [6.07, 6.45) is 6.22. The number of benzene rings is 1. The highest BCUT2D eigenvalue weighted by Gasteiger charge is 2.22. The Kier molecular flexibility index (Phi) is 5.28. The van der Waals surface area contributed by atoms with Gasteiger partial charge < -0.3 is 10.4 Å². The molecule has 0 aliphatic heterocycles. The number of carbonyl (C=O) groups excluding carboxylic acids is 1. The lowest BCUT2D eigenvalue weighted by Gasteiger charge is -2.24. The second-order valence-corrected chi connectivity index (χ2v) is 5.40. The molecule has 0 saturated carbocycles. The predicted molar refractivity (Wildman–Crippen MR) is 89.3 cm³/mol. The molecule has 1 amide bonds. The lowest BCUT2D eigenvalue weighted by Crippen LogP contribution is -2.41. The van der Waals surface area contributed by atoms with Crippen LogP contribution in [0.25, 0.3) is 17.0 Å². The highest BCUT2D eigenvalue weighted by molar-refractivity contribution is 5.95. The SMILES string of the molecule is CCC(O)(CC)CNC(=O)C=Cc1ccnc2ccccc12. The highest BCUT2D eigenvalue weighted by Crippen LogP contribution is 2.17. The molecule has 0 bridgehead atoms.